The number of aryl methyl sites for hydroxylation is 3. The number of thiophene rings is 1. The maximum Gasteiger partial charge on any atom is 0.264 e. The summed E-state index contributed by atoms with van der Waals surface area (Å²) in [4.78, 5) is 30.7. The lowest BCUT2D eigenvalue weighted by Crippen LogP contribution is -2.50. The molecule has 140 valence electrons. The van der Waals surface area contributed by atoms with Crippen LogP contribution < -0.4 is 5.32 Å². The fourth-order valence-electron chi connectivity index (χ4n) is 3.05. The molecule has 0 atom stereocenters. The van der Waals surface area contributed by atoms with Crippen LogP contribution in [0.5, 0.6) is 0 Å². The Morgan fingerprint density at radius 3 is 2.54 bits per heavy atom. The Morgan fingerprint density at radius 1 is 1.23 bits per heavy atom. The first-order valence-corrected chi connectivity index (χ1v) is 9.62. The quantitative estimate of drug-likeness (QED) is 0.866. The molecule has 8 heteroatoms. The van der Waals surface area contributed by atoms with E-state index in [1.54, 1.807) is 24.3 Å². The van der Waals surface area contributed by atoms with Gasteiger partial charge in [0.15, 0.2) is 5.82 Å². The van der Waals surface area contributed by atoms with Gasteiger partial charge in [-0.1, -0.05) is 12.1 Å². The molecule has 2 amide bonds. The normalized spacial score (nSPS) is 15.3. The molecule has 1 N–H and O–H groups in total. The van der Waals surface area contributed by atoms with Gasteiger partial charge in [-0.15, -0.1) is 11.3 Å². The van der Waals surface area contributed by atoms with Gasteiger partial charge in [0.05, 0.1) is 11.4 Å². The van der Waals surface area contributed by atoms with Crippen molar-refractivity contribution in [2.45, 2.75) is 27.2 Å². The van der Waals surface area contributed by atoms with Gasteiger partial charge in [-0.25, -0.2) is 0 Å². The number of aromatic nitrogens is 1. The molecule has 1 aliphatic rings. The van der Waals surface area contributed by atoms with Crippen LogP contribution in [0.25, 0.3) is 0 Å². The van der Waals surface area contributed by atoms with E-state index in [1.165, 1.54) is 10.4 Å². The number of anilines is 1. The maximum absolute atomic E-state index is 12.7. The highest BCUT2D eigenvalue weighted by atomic mass is 32.1. The van der Waals surface area contributed by atoms with Gasteiger partial charge in [-0.05, 0) is 31.9 Å². The molecule has 0 saturated carbocycles. The maximum atomic E-state index is 12.7. The van der Waals surface area contributed by atoms with Crippen LogP contribution in [-0.2, 0) is 11.2 Å². The third kappa shape index (κ3) is 4.31. The Labute approximate surface area is 156 Å². The number of nitrogens with one attached hydrogen (secondary N) is 1. The molecule has 2 aromatic heterocycles. The second kappa shape index (κ2) is 8.01. The summed E-state index contributed by atoms with van der Waals surface area (Å²) in [6, 6.07) is 3.70. The Bertz CT molecular complexity index is 790. The van der Waals surface area contributed by atoms with Gasteiger partial charge >= 0.3 is 0 Å². The number of nitrogens with zero attached hydrogens (tertiary/aromatic N) is 3. The van der Waals surface area contributed by atoms with E-state index in [0.717, 1.165) is 11.3 Å². The van der Waals surface area contributed by atoms with E-state index in [9.17, 15) is 9.59 Å². The molecule has 0 bridgehead atoms. The second-order valence-electron chi connectivity index (χ2n) is 6.48. The largest absolute Gasteiger partial charge is 0.360 e. The SMILES string of the molecule is CCc1cc(C(=O)N2CCN(CC(=O)Nc3cc(C)on3)CC2)sc1C. The fourth-order valence-corrected chi connectivity index (χ4v) is 4.13. The first-order valence-electron chi connectivity index (χ1n) is 8.80. The lowest BCUT2D eigenvalue weighted by molar-refractivity contribution is -0.117. The molecule has 0 radical (unpaired) electrons. The summed E-state index contributed by atoms with van der Waals surface area (Å²) in [5.41, 5.74) is 1.25. The molecular formula is C18H24N4O3S. The minimum atomic E-state index is -0.125. The molecule has 1 saturated heterocycles. The molecular weight excluding hydrogens is 352 g/mol. The lowest BCUT2D eigenvalue weighted by Gasteiger charge is -2.34. The topological polar surface area (TPSA) is 78.7 Å². The monoisotopic (exact) mass is 376 g/mol. The number of hydrogen-bond acceptors (Lipinski definition) is 6. The van der Waals surface area contributed by atoms with Gasteiger partial charge in [0.2, 0.25) is 5.91 Å². The molecule has 1 fully saturated rings. The Kier molecular flexibility index (Phi) is 5.73. The van der Waals surface area contributed by atoms with Crippen molar-refractivity contribution < 1.29 is 14.1 Å². The van der Waals surface area contributed by atoms with Crippen molar-refractivity contribution in [3.8, 4) is 0 Å². The third-order valence-electron chi connectivity index (χ3n) is 4.53. The third-order valence-corrected chi connectivity index (χ3v) is 5.62. The standard InChI is InChI=1S/C18H24N4O3S/c1-4-14-10-15(26-13(14)3)18(24)22-7-5-21(6-8-22)11-17(23)19-16-9-12(2)25-20-16/h9-10H,4-8,11H2,1-3H3,(H,19,20,23). The van der Waals surface area contributed by atoms with E-state index >= 15 is 0 Å². The van der Waals surface area contributed by atoms with E-state index < -0.39 is 0 Å². The summed E-state index contributed by atoms with van der Waals surface area (Å²) in [6.07, 6.45) is 0.948. The van der Waals surface area contributed by atoms with Gasteiger partial charge in [-0.3, -0.25) is 14.5 Å². The molecule has 0 aliphatic carbocycles. The average Bonchev–Trinajstić information content (AvgIpc) is 3.20. The molecule has 3 heterocycles. The Morgan fingerprint density at radius 2 is 1.96 bits per heavy atom. The zero-order valence-electron chi connectivity index (χ0n) is 15.4. The molecule has 2 aromatic rings. The highest BCUT2D eigenvalue weighted by molar-refractivity contribution is 7.14. The van der Waals surface area contributed by atoms with E-state index in [2.05, 4.69) is 24.3 Å². The van der Waals surface area contributed by atoms with Gasteiger partial charge in [0.1, 0.15) is 5.76 Å². The Hall–Kier alpha value is -2.19. The number of carbonyl (C=O) groups is 2. The van der Waals surface area contributed by atoms with E-state index in [1.807, 2.05) is 15.9 Å². The Balaban J connectivity index is 1.49. The molecule has 3 rings (SSSR count). The molecule has 26 heavy (non-hydrogen) atoms. The molecule has 7 nitrogen and oxygen atoms in total. The summed E-state index contributed by atoms with van der Waals surface area (Å²) in [5, 5.41) is 6.48. The minimum Gasteiger partial charge on any atom is -0.360 e. The highest BCUT2D eigenvalue weighted by Crippen LogP contribution is 2.23. The number of amides is 2. The van der Waals surface area contributed by atoms with Crippen LogP contribution in [0, 0.1) is 13.8 Å². The van der Waals surface area contributed by atoms with Crippen molar-refractivity contribution in [2.75, 3.05) is 38.0 Å². The van der Waals surface area contributed by atoms with Crippen LogP contribution in [0.15, 0.2) is 16.7 Å². The predicted octanol–water partition coefficient (Wildman–Crippen LogP) is 2.31. The van der Waals surface area contributed by atoms with Crippen LogP contribution >= 0.6 is 11.3 Å². The molecule has 0 unspecified atom stereocenters. The summed E-state index contributed by atoms with van der Waals surface area (Å²) in [5.74, 6) is 1.06. The van der Waals surface area contributed by atoms with Gasteiger partial charge in [0.25, 0.3) is 5.91 Å². The summed E-state index contributed by atoms with van der Waals surface area (Å²) in [6.45, 7) is 8.86. The first-order chi connectivity index (χ1) is 12.5. The van der Waals surface area contributed by atoms with Crippen LogP contribution in [0.4, 0.5) is 5.82 Å². The van der Waals surface area contributed by atoms with Crippen molar-refractivity contribution in [1.82, 2.24) is 15.0 Å². The highest BCUT2D eigenvalue weighted by Gasteiger charge is 2.24. The van der Waals surface area contributed by atoms with Crippen molar-refractivity contribution in [3.63, 3.8) is 0 Å². The van der Waals surface area contributed by atoms with Gasteiger partial charge in [0, 0.05) is 37.1 Å². The lowest BCUT2D eigenvalue weighted by atomic mass is 10.2. The van der Waals surface area contributed by atoms with E-state index in [-0.39, 0.29) is 18.4 Å². The number of carbonyl (C=O) groups excluding carboxylic acids is 2. The number of rotatable bonds is 5. The van der Waals surface area contributed by atoms with Gasteiger partial charge < -0.3 is 14.7 Å². The van der Waals surface area contributed by atoms with E-state index in [4.69, 9.17) is 4.52 Å². The molecule has 0 aromatic carbocycles. The van der Waals surface area contributed by atoms with Crippen molar-refractivity contribution in [1.29, 1.82) is 0 Å². The zero-order valence-corrected chi connectivity index (χ0v) is 16.2. The summed E-state index contributed by atoms with van der Waals surface area (Å²) in [7, 11) is 0. The van der Waals surface area contributed by atoms with Crippen molar-refractivity contribution in [3.05, 3.63) is 33.2 Å². The van der Waals surface area contributed by atoms with Crippen LogP contribution in [-0.4, -0.2) is 59.5 Å². The number of hydrogen-bond donors (Lipinski definition) is 1. The summed E-state index contributed by atoms with van der Waals surface area (Å²) >= 11 is 1.57. The van der Waals surface area contributed by atoms with Crippen LogP contribution in [0.3, 0.4) is 0 Å². The van der Waals surface area contributed by atoms with Crippen molar-refractivity contribution in [2.24, 2.45) is 0 Å². The fraction of sp³-hybridized carbons (Fsp3) is 0.500. The van der Waals surface area contributed by atoms with E-state index in [0.29, 0.717) is 37.8 Å². The van der Waals surface area contributed by atoms with Crippen LogP contribution in [0.1, 0.15) is 32.8 Å². The smallest absolute Gasteiger partial charge is 0.264 e. The molecule has 1 aliphatic heterocycles. The second-order valence-corrected chi connectivity index (χ2v) is 7.74. The molecule has 0 spiro atoms. The van der Waals surface area contributed by atoms with Crippen LogP contribution in [0.2, 0.25) is 0 Å². The average molecular weight is 376 g/mol. The van der Waals surface area contributed by atoms with Gasteiger partial charge in [-0.2, -0.15) is 0 Å². The van der Waals surface area contributed by atoms with Crippen molar-refractivity contribution >= 4 is 29.0 Å². The minimum absolute atomic E-state index is 0.0972. The predicted molar refractivity (Wildman–Crippen MR) is 101 cm³/mol. The summed E-state index contributed by atoms with van der Waals surface area (Å²) < 4.78 is 4.93. The first kappa shape index (κ1) is 18.6. The number of piperazine rings is 1. The zero-order chi connectivity index (χ0) is 18.7.